The summed E-state index contributed by atoms with van der Waals surface area (Å²) in [5, 5.41) is 6.93. The molecule has 1 aliphatic rings. The average Bonchev–Trinajstić information content (AvgIpc) is 3.29. The number of halogens is 1. The van der Waals surface area contributed by atoms with E-state index in [2.05, 4.69) is 35.9 Å². The third-order valence-electron chi connectivity index (χ3n) is 4.53. The average molecular weight is 420 g/mol. The molecule has 1 atom stereocenters. The zero-order valence-corrected chi connectivity index (χ0v) is 16.1. The van der Waals surface area contributed by atoms with E-state index in [9.17, 15) is 0 Å². The predicted molar refractivity (Wildman–Crippen MR) is 105 cm³/mol. The number of benzene rings is 1. The molecule has 0 radical (unpaired) electrons. The Balaban J connectivity index is 0.00000196. The Hall–Kier alpha value is -2.16. The third-order valence-corrected chi connectivity index (χ3v) is 5.08. The first-order valence-electron chi connectivity index (χ1n) is 8.39. The molecular weight excluding hydrogens is 398 g/mol. The second-order valence-electron chi connectivity index (χ2n) is 6.11. The summed E-state index contributed by atoms with van der Waals surface area (Å²) in [5.41, 5.74) is 2.14. The summed E-state index contributed by atoms with van der Waals surface area (Å²) >= 11 is 3.60. The monoisotopic (exact) mass is 419 g/mol. The molecule has 3 heterocycles. The van der Waals surface area contributed by atoms with Crippen LogP contribution < -0.4 is 15.4 Å². The lowest BCUT2D eigenvalue weighted by molar-refractivity contribution is 0.414. The predicted octanol–water partition coefficient (Wildman–Crippen LogP) is 2.71. The second-order valence-corrected chi connectivity index (χ2v) is 6.86. The number of nitrogens with zero attached hydrogens (tertiary/aromatic N) is 3. The van der Waals surface area contributed by atoms with E-state index in [1.54, 1.807) is 7.11 Å². The van der Waals surface area contributed by atoms with Crippen LogP contribution in [0.1, 0.15) is 30.3 Å². The van der Waals surface area contributed by atoms with Crippen LogP contribution in [0.2, 0.25) is 0 Å². The fourth-order valence-corrected chi connectivity index (χ4v) is 3.79. The van der Waals surface area contributed by atoms with Crippen molar-refractivity contribution >= 4 is 27.3 Å². The molecule has 7 nitrogen and oxygen atoms in total. The zero-order chi connectivity index (χ0) is 17.2. The van der Waals surface area contributed by atoms with Crippen LogP contribution >= 0.6 is 15.9 Å². The SMILES string of the molecule is COc1ccc(CNc2nccn3c([C@@H]4CCCN4)nc(Br)c23)cc1.O. The number of fused-ring (bicyclic) bond motifs is 1. The minimum Gasteiger partial charge on any atom is -0.497 e. The van der Waals surface area contributed by atoms with Crippen LogP contribution in [0.3, 0.4) is 0 Å². The number of nitrogens with one attached hydrogen (secondary N) is 2. The maximum atomic E-state index is 5.20. The molecule has 0 bridgehead atoms. The lowest BCUT2D eigenvalue weighted by Gasteiger charge is -2.11. The van der Waals surface area contributed by atoms with E-state index in [4.69, 9.17) is 9.72 Å². The van der Waals surface area contributed by atoms with Gasteiger partial charge in [0.05, 0.1) is 13.2 Å². The van der Waals surface area contributed by atoms with Crippen LogP contribution in [0.25, 0.3) is 5.52 Å². The molecule has 1 saturated heterocycles. The summed E-state index contributed by atoms with van der Waals surface area (Å²) in [4.78, 5) is 9.24. The number of rotatable bonds is 5. The van der Waals surface area contributed by atoms with E-state index in [1.807, 2.05) is 36.7 Å². The van der Waals surface area contributed by atoms with Crippen LogP contribution in [0.15, 0.2) is 41.3 Å². The summed E-state index contributed by atoms with van der Waals surface area (Å²) in [7, 11) is 1.67. The van der Waals surface area contributed by atoms with Gasteiger partial charge in [-0.3, -0.25) is 4.40 Å². The topological polar surface area (TPSA) is 95.0 Å². The summed E-state index contributed by atoms with van der Waals surface area (Å²) in [5.74, 6) is 2.72. The molecule has 0 amide bonds. The van der Waals surface area contributed by atoms with Crippen molar-refractivity contribution in [2.24, 2.45) is 0 Å². The van der Waals surface area contributed by atoms with Crippen molar-refractivity contribution in [1.82, 2.24) is 19.7 Å². The molecule has 2 aromatic heterocycles. The van der Waals surface area contributed by atoms with E-state index in [0.29, 0.717) is 12.6 Å². The molecule has 0 aliphatic carbocycles. The molecule has 1 aliphatic heterocycles. The highest BCUT2D eigenvalue weighted by Crippen LogP contribution is 2.30. The molecule has 1 fully saturated rings. The van der Waals surface area contributed by atoms with Crippen LogP contribution in [-0.4, -0.2) is 33.5 Å². The number of aromatic nitrogens is 3. The molecule has 26 heavy (non-hydrogen) atoms. The molecular formula is C18H22BrN5O2. The van der Waals surface area contributed by atoms with Crippen LogP contribution in [0.5, 0.6) is 5.75 Å². The van der Waals surface area contributed by atoms with Crippen molar-refractivity contribution in [3.8, 4) is 5.75 Å². The molecule has 4 rings (SSSR count). The van der Waals surface area contributed by atoms with Crippen molar-refractivity contribution in [3.05, 3.63) is 52.7 Å². The van der Waals surface area contributed by atoms with Crippen LogP contribution in [0, 0.1) is 0 Å². The van der Waals surface area contributed by atoms with Gasteiger partial charge in [-0.2, -0.15) is 0 Å². The number of anilines is 1. The Morgan fingerprint density at radius 1 is 1.35 bits per heavy atom. The van der Waals surface area contributed by atoms with Crippen molar-refractivity contribution in [2.45, 2.75) is 25.4 Å². The first-order valence-corrected chi connectivity index (χ1v) is 9.18. The van der Waals surface area contributed by atoms with Gasteiger partial charge >= 0.3 is 0 Å². The van der Waals surface area contributed by atoms with E-state index < -0.39 is 0 Å². The quantitative estimate of drug-likeness (QED) is 0.662. The fraction of sp³-hybridized carbons (Fsp3) is 0.333. The zero-order valence-electron chi connectivity index (χ0n) is 14.5. The summed E-state index contributed by atoms with van der Waals surface area (Å²) in [6.07, 6.45) is 6.09. The Kier molecular flexibility index (Phi) is 5.75. The van der Waals surface area contributed by atoms with Crippen molar-refractivity contribution < 1.29 is 10.2 Å². The Morgan fingerprint density at radius 2 is 2.15 bits per heavy atom. The minimum absolute atomic E-state index is 0. The molecule has 1 aromatic carbocycles. The summed E-state index contributed by atoms with van der Waals surface area (Å²) < 4.78 is 8.14. The van der Waals surface area contributed by atoms with E-state index in [-0.39, 0.29) is 5.48 Å². The highest BCUT2D eigenvalue weighted by atomic mass is 79.9. The van der Waals surface area contributed by atoms with Crippen LogP contribution in [-0.2, 0) is 6.54 Å². The highest BCUT2D eigenvalue weighted by Gasteiger charge is 2.23. The first kappa shape index (κ1) is 18.6. The van der Waals surface area contributed by atoms with Gasteiger partial charge in [-0.15, -0.1) is 0 Å². The van der Waals surface area contributed by atoms with Crippen LogP contribution in [0.4, 0.5) is 5.82 Å². The minimum atomic E-state index is 0. The second kappa shape index (κ2) is 8.03. The smallest absolute Gasteiger partial charge is 0.153 e. The normalized spacial score (nSPS) is 16.5. The molecule has 3 aromatic rings. The lowest BCUT2D eigenvalue weighted by atomic mass is 10.2. The van der Waals surface area contributed by atoms with E-state index in [1.165, 1.54) is 6.42 Å². The van der Waals surface area contributed by atoms with Gasteiger partial charge in [0.15, 0.2) is 5.82 Å². The fourth-order valence-electron chi connectivity index (χ4n) is 3.23. The van der Waals surface area contributed by atoms with E-state index >= 15 is 0 Å². The van der Waals surface area contributed by atoms with Gasteiger partial charge in [0.1, 0.15) is 21.7 Å². The summed E-state index contributed by atoms with van der Waals surface area (Å²) in [6.45, 7) is 1.73. The lowest BCUT2D eigenvalue weighted by Crippen LogP contribution is -2.16. The first-order chi connectivity index (χ1) is 12.3. The van der Waals surface area contributed by atoms with Crippen molar-refractivity contribution in [1.29, 1.82) is 0 Å². The Bertz CT molecular complexity index is 875. The van der Waals surface area contributed by atoms with Crippen molar-refractivity contribution in [3.63, 3.8) is 0 Å². The molecule has 8 heteroatoms. The van der Waals surface area contributed by atoms with Gasteiger partial charge in [-0.05, 0) is 53.0 Å². The van der Waals surface area contributed by atoms with Gasteiger partial charge in [0.2, 0.25) is 0 Å². The van der Waals surface area contributed by atoms with Gasteiger partial charge in [-0.25, -0.2) is 9.97 Å². The van der Waals surface area contributed by atoms with Gasteiger partial charge in [0.25, 0.3) is 0 Å². The highest BCUT2D eigenvalue weighted by molar-refractivity contribution is 9.10. The number of ether oxygens (including phenoxy) is 1. The largest absolute Gasteiger partial charge is 0.497 e. The van der Waals surface area contributed by atoms with Gasteiger partial charge in [-0.1, -0.05) is 12.1 Å². The van der Waals surface area contributed by atoms with Crippen molar-refractivity contribution in [2.75, 3.05) is 19.0 Å². The molecule has 0 unspecified atom stereocenters. The number of hydrogen-bond acceptors (Lipinski definition) is 5. The number of hydrogen-bond donors (Lipinski definition) is 2. The number of methoxy groups -OCH3 is 1. The Morgan fingerprint density at radius 3 is 2.85 bits per heavy atom. The van der Waals surface area contributed by atoms with E-state index in [0.717, 1.165) is 46.0 Å². The maximum Gasteiger partial charge on any atom is 0.153 e. The third kappa shape index (κ3) is 3.53. The molecule has 138 valence electrons. The summed E-state index contributed by atoms with van der Waals surface area (Å²) in [6, 6.07) is 8.32. The molecule has 4 N–H and O–H groups in total. The standard InChI is InChI=1S/C18H20BrN5O.H2O/c1-25-13-6-4-12(5-7-13)11-22-17-15-16(19)23-18(14-3-2-8-20-14)24(15)10-9-21-17;/h4-7,9-10,14,20H,2-3,8,11H2,1H3,(H,21,22);1H2/t14-;/m0./s1. The molecule has 0 spiro atoms. The molecule has 0 saturated carbocycles. The van der Waals surface area contributed by atoms with Gasteiger partial charge < -0.3 is 20.8 Å². The van der Waals surface area contributed by atoms with Gasteiger partial charge in [0, 0.05) is 18.9 Å². The Labute approximate surface area is 160 Å². The maximum absolute atomic E-state index is 5.20. The number of imidazole rings is 1.